The minimum atomic E-state index is 0.0191. The third kappa shape index (κ3) is 5.18. The van der Waals surface area contributed by atoms with Gasteiger partial charge in [-0.25, -0.2) is 4.79 Å². The van der Waals surface area contributed by atoms with Crippen molar-refractivity contribution in [3.05, 3.63) is 60.2 Å². The Morgan fingerprint density at radius 1 is 1.03 bits per heavy atom. The molecule has 6 nitrogen and oxygen atoms in total. The molecule has 2 fully saturated rings. The number of nitrogens with one attached hydrogen (secondary N) is 1. The maximum absolute atomic E-state index is 12.7. The quantitative estimate of drug-likeness (QED) is 0.707. The highest BCUT2D eigenvalue weighted by atomic mass is 16.5. The zero-order valence-electron chi connectivity index (χ0n) is 19.4. The standard InChI is InChI=1S/C26H35N3O3/c1-19(2)29-18-24(32-23-7-5-4-6-8-23)25(29)21-13-15-28(16-14-21)26(30)27-17-20-9-11-22(31-3)12-10-20/h4-12,19,21,24-25H,13-18H2,1-3H3,(H,27,30)/t24-,25-/m0/s1. The summed E-state index contributed by atoms with van der Waals surface area (Å²) < 4.78 is 11.5. The Balaban J connectivity index is 1.28. The molecule has 0 spiro atoms. The second-order valence-electron chi connectivity index (χ2n) is 9.08. The van der Waals surface area contributed by atoms with Gasteiger partial charge in [0.15, 0.2) is 0 Å². The molecular weight excluding hydrogens is 402 g/mol. The van der Waals surface area contributed by atoms with Gasteiger partial charge >= 0.3 is 6.03 Å². The average molecular weight is 438 g/mol. The SMILES string of the molecule is COc1ccc(CNC(=O)N2CCC([C@H]3[C@@H](Oc4ccccc4)CN3C(C)C)CC2)cc1. The number of methoxy groups -OCH3 is 1. The average Bonchev–Trinajstić information content (AvgIpc) is 2.81. The maximum atomic E-state index is 12.7. The summed E-state index contributed by atoms with van der Waals surface area (Å²) in [4.78, 5) is 17.2. The van der Waals surface area contributed by atoms with Crippen molar-refractivity contribution in [3.8, 4) is 11.5 Å². The molecule has 4 rings (SSSR count). The van der Waals surface area contributed by atoms with Gasteiger partial charge in [0.25, 0.3) is 0 Å². The Morgan fingerprint density at radius 2 is 1.72 bits per heavy atom. The molecule has 2 aliphatic heterocycles. The van der Waals surface area contributed by atoms with E-state index in [9.17, 15) is 4.79 Å². The number of hydrogen-bond donors (Lipinski definition) is 1. The summed E-state index contributed by atoms with van der Waals surface area (Å²) in [5, 5.41) is 3.06. The van der Waals surface area contributed by atoms with Gasteiger partial charge in [0.05, 0.1) is 13.2 Å². The molecule has 2 atom stereocenters. The fraction of sp³-hybridized carbons (Fsp3) is 0.500. The number of piperidine rings is 1. The molecule has 2 aliphatic rings. The number of likely N-dealkylation sites (tertiary alicyclic amines) is 2. The number of ether oxygens (including phenoxy) is 2. The van der Waals surface area contributed by atoms with E-state index in [1.165, 1.54) is 0 Å². The van der Waals surface area contributed by atoms with Crippen molar-refractivity contribution >= 4 is 6.03 Å². The molecule has 0 unspecified atom stereocenters. The minimum absolute atomic E-state index is 0.0191. The van der Waals surface area contributed by atoms with Crippen molar-refractivity contribution in [3.63, 3.8) is 0 Å². The molecule has 2 aromatic carbocycles. The molecule has 2 amide bonds. The summed E-state index contributed by atoms with van der Waals surface area (Å²) >= 11 is 0. The fourth-order valence-electron chi connectivity index (χ4n) is 4.90. The lowest BCUT2D eigenvalue weighted by Crippen LogP contribution is -2.68. The van der Waals surface area contributed by atoms with Gasteiger partial charge in [-0.15, -0.1) is 0 Å². The maximum Gasteiger partial charge on any atom is 0.317 e. The summed E-state index contributed by atoms with van der Waals surface area (Å²) in [5.41, 5.74) is 1.07. The van der Waals surface area contributed by atoms with E-state index >= 15 is 0 Å². The second-order valence-corrected chi connectivity index (χ2v) is 9.08. The predicted octanol–water partition coefficient (Wildman–Crippen LogP) is 4.16. The van der Waals surface area contributed by atoms with Crippen LogP contribution in [0.15, 0.2) is 54.6 Å². The van der Waals surface area contributed by atoms with Gasteiger partial charge in [0, 0.05) is 32.2 Å². The van der Waals surface area contributed by atoms with E-state index in [1.54, 1.807) is 7.11 Å². The van der Waals surface area contributed by atoms with E-state index in [0.717, 1.165) is 49.5 Å². The molecule has 0 saturated carbocycles. The first-order valence-corrected chi connectivity index (χ1v) is 11.7. The molecule has 2 saturated heterocycles. The van der Waals surface area contributed by atoms with Gasteiger partial charge in [-0.3, -0.25) is 4.90 Å². The zero-order chi connectivity index (χ0) is 22.5. The molecular formula is C26H35N3O3. The fourth-order valence-corrected chi connectivity index (χ4v) is 4.90. The number of benzene rings is 2. The molecule has 32 heavy (non-hydrogen) atoms. The lowest BCUT2D eigenvalue weighted by Gasteiger charge is -2.54. The van der Waals surface area contributed by atoms with Crippen LogP contribution in [0.5, 0.6) is 11.5 Å². The second kappa shape index (κ2) is 10.3. The topological polar surface area (TPSA) is 54.0 Å². The Bertz CT molecular complexity index is 864. The van der Waals surface area contributed by atoms with Crippen LogP contribution in [0, 0.1) is 5.92 Å². The molecule has 0 aromatic heterocycles. The highest BCUT2D eigenvalue weighted by molar-refractivity contribution is 5.74. The van der Waals surface area contributed by atoms with Gasteiger partial charge in [-0.05, 0) is 62.4 Å². The van der Waals surface area contributed by atoms with E-state index in [1.807, 2.05) is 59.5 Å². The predicted molar refractivity (Wildman–Crippen MR) is 126 cm³/mol. The molecule has 2 heterocycles. The van der Waals surface area contributed by atoms with E-state index in [-0.39, 0.29) is 12.1 Å². The van der Waals surface area contributed by atoms with Crippen molar-refractivity contribution in [1.82, 2.24) is 15.1 Å². The molecule has 0 bridgehead atoms. The zero-order valence-corrected chi connectivity index (χ0v) is 19.4. The highest BCUT2D eigenvalue weighted by Crippen LogP contribution is 2.36. The lowest BCUT2D eigenvalue weighted by molar-refractivity contribution is -0.0981. The Labute approximate surface area is 191 Å². The van der Waals surface area contributed by atoms with Crippen LogP contribution in [0.2, 0.25) is 0 Å². The van der Waals surface area contributed by atoms with Crippen LogP contribution in [0.3, 0.4) is 0 Å². The van der Waals surface area contributed by atoms with E-state index in [2.05, 4.69) is 24.1 Å². The number of urea groups is 1. The third-order valence-electron chi connectivity index (χ3n) is 6.76. The Kier molecular flexibility index (Phi) is 7.20. The van der Waals surface area contributed by atoms with Crippen LogP contribution in [-0.4, -0.2) is 60.8 Å². The van der Waals surface area contributed by atoms with Gasteiger partial charge in [-0.1, -0.05) is 30.3 Å². The number of amides is 2. The summed E-state index contributed by atoms with van der Waals surface area (Å²) in [5.74, 6) is 2.31. The van der Waals surface area contributed by atoms with Gasteiger partial charge < -0.3 is 19.7 Å². The van der Waals surface area contributed by atoms with Gasteiger partial charge in [0.2, 0.25) is 0 Å². The van der Waals surface area contributed by atoms with Crippen LogP contribution in [0.25, 0.3) is 0 Å². The number of carbonyl (C=O) groups excluding carboxylic acids is 1. The van der Waals surface area contributed by atoms with Crippen LogP contribution in [0.1, 0.15) is 32.3 Å². The first-order valence-electron chi connectivity index (χ1n) is 11.7. The Hall–Kier alpha value is -2.73. The van der Waals surface area contributed by atoms with Crippen LogP contribution in [-0.2, 0) is 6.54 Å². The number of hydrogen-bond acceptors (Lipinski definition) is 4. The van der Waals surface area contributed by atoms with Crippen molar-refractivity contribution in [1.29, 1.82) is 0 Å². The highest BCUT2D eigenvalue weighted by Gasteiger charge is 2.47. The summed E-state index contributed by atoms with van der Waals surface area (Å²) in [7, 11) is 1.65. The number of nitrogens with zero attached hydrogens (tertiary/aromatic N) is 2. The Morgan fingerprint density at radius 3 is 2.34 bits per heavy atom. The number of carbonyl (C=O) groups is 1. The van der Waals surface area contributed by atoms with Crippen molar-refractivity contribution in [2.24, 2.45) is 5.92 Å². The lowest BCUT2D eigenvalue weighted by atomic mass is 9.79. The third-order valence-corrected chi connectivity index (χ3v) is 6.76. The van der Waals surface area contributed by atoms with Crippen molar-refractivity contribution < 1.29 is 14.3 Å². The minimum Gasteiger partial charge on any atom is -0.497 e. The first-order chi connectivity index (χ1) is 15.5. The number of para-hydroxylation sites is 1. The molecule has 172 valence electrons. The van der Waals surface area contributed by atoms with Crippen LogP contribution < -0.4 is 14.8 Å². The summed E-state index contributed by atoms with van der Waals surface area (Å²) in [6, 6.07) is 18.9. The van der Waals surface area contributed by atoms with E-state index in [4.69, 9.17) is 9.47 Å². The van der Waals surface area contributed by atoms with E-state index in [0.29, 0.717) is 24.5 Å². The van der Waals surface area contributed by atoms with Crippen LogP contribution >= 0.6 is 0 Å². The normalized spacial score (nSPS) is 21.8. The van der Waals surface area contributed by atoms with Crippen LogP contribution in [0.4, 0.5) is 4.79 Å². The monoisotopic (exact) mass is 437 g/mol. The van der Waals surface area contributed by atoms with Gasteiger partial charge in [0.1, 0.15) is 17.6 Å². The number of rotatable bonds is 7. The van der Waals surface area contributed by atoms with E-state index < -0.39 is 0 Å². The van der Waals surface area contributed by atoms with Gasteiger partial charge in [-0.2, -0.15) is 0 Å². The molecule has 0 radical (unpaired) electrons. The molecule has 0 aliphatic carbocycles. The smallest absolute Gasteiger partial charge is 0.317 e. The molecule has 2 aromatic rings. The summed E-state index contributed by atoms with van der Waals surface area (Å²) in [6.45, 7) is 7.60. The molecule has 6 heteroatoms. The largest absolute Gasteiger partial charge is 0.497 e. The van der Waals surface area contributed by atoms with Crippen molar-refractivity contribution in [2.75, 3.05) is 26.7 Å². The van der Waals surface area contributed by atoms with Crippen molar-refractivity contribution in [2.45, 2.75) is 51.4 Å². The molecule has 1 N–H and O–H groups in total. The first kappa shape index (κ1) is 22.5. The summed E-state index contributed by atoms with van der Waals surface area (Å²) in [6.07, 6.45) is 2.25.